The molecule has 2 rings (SSSR count). The van der Waals surface area contributed by atoms with Crippen LogP contribution in [0.25, 0.3) is 0 Å². The van der Waals surface area contributed by atoms with Gasteiger partial charge >= 0.3 is 0 Å². The van der Waals surface area contributed by atoms with Crippen LogP contribution >= 0.6 is 12.4 Å². The summed E-state index contributed by atoms with van der Waals surface area (Å²) in [5.41, 5.74) is 0.293. The van der Waals surface area contributed by atoms with Crippen LogP contribution in [0.2, 0.25) is 0 Å². The minimum atomic E-state index is -3.68. The van der Waals surface area contributed by atoms with Crippen molar-refractivity contribution in [2.45, 2.75) is 44.4 Å². The lowest BCUT2D eigenvalue weighted by molar-refractivity contribution is 0.0859. The maximum Gasteiger partial charge on any atom is 0.269 e. The van der Waals surface area contributed by atoms with Gasteiger partial charge in [0.05, 0.1) is 12.1 Å². The molecule has 0 bridgehead atoms. The molecule has 0 radical (unpaired) electrons. The Morgan fingerprint density at radius 2 is 1.58 bits per heavy atom. The molecular weight excluding hydrogens is 348 g/mol. The van der Waals surface area contributed by atoms with Gasteiger partial charge in [-0.15, -0.1) is 12.4 Å². The molecule has 0 saturated heterocycles. The smallest absolute Gasteiger partial charge is 0.269 e. The van der Waals surface area contributed by atoms with Crippen LogP contribution in [0.3, 0.4) is 0 Å². The molecule has 1 aromatic rings. The molecule has 0 saturated carbocycles. The average Bonchev–Trinajstić information content (AvgIpc) is 2.74. The van der Waals surface area contributed by atoms with E-state index < -0.39 is 15.9 Å². The van der Waals surface area contributed by atoms with Crippen LogP contribution < -0.4 is 0 Å². The minimum Gasteiger partial charge on any atom is -0.302 e. The summed E-state index contributed by atoms with van der Waals surface area (Å²) in [6, 6.07) is 6.45. The van der Waals surface area contributed by atoms with E-state index in [0.29, 0.717) is 12.1 Å². The molecule has 136 valence electrons. The molecule has 0 spiro atoms. The van der Waals surface area contributed by atoms with Crippen molar-refractivity contribution in [3.05, 3.63) is 29.8 Å². The lowest BCUT2D eigenvalue weighted by Gasteiger charge is -2.24. The monoisotopic (exact) mass is 374 g/mol. The lowest BCUT2D eigenvalue weighted by atomic mass is 10.2. The summed E-state index contributed by atoms with van der Waals surface area (Å²) in [4.78, 5) is 14.8. The third-order valence-corrected chi connectivity index (χ3v) is 6.03. The van der Waals surface area contributed by atoms with E-state index in [2.05, 4.69) is 18.7 Å². The van der Waals surface area contributed by atoms with E-state index in [1.807, 2.05) is 0 Å². The molecular formula is C17H27ClN2O3S. The zero-order valence-corrected chi connectivity index (χ0v) is 16.0. The SMILES string of the molecule is CCCCN(CCCC)CCN1C(=O)c2ccccc2S1(=O)=O.Cl. The Labute approximate surface area is 151 Å². The Morgan fingerprint density at radius 1 is 1.00 bits per heavy atom. The number of fused-ring (bicyclic) bond motifs is 1. The number of hydrogen-bond acceptors (Lipinski definition) is 4. The normalized spacial score (nSPS) is 15.5. The Hall–Kier alpha value is -1.11. The Morgan fingerprint density at radius 3 is 2.12 bits per heavy atom. The molecule has 5 nitrogen and oxygen atoms in total. The highest BCUT2D eigenvalue weighted by Gasteiger charge is 2.40. The fourth-order valence-corrected chi connectivity index (χ4v) is 4.34. The summed E-state index contributed by atoms with van der Waals surface area (Å²) in [5.74, 6) is -0.397. The summed E-state index contributed by atoms with van der Waals surface area (Å²) < 4.78 is 26.1. The first-order valence-corrected chi connectivity index (χ1v) is 9.84. The largest absolute Gasteiger partial charge is 0.302 e. The van der Waals surface area contributed by atoms with Gasteiger partial charge in [-0.05, 0) is 38.1 Å². The number of hydrogen-bond donors (Lipinski definition) is 0. The van der Waals surface area contributed by atoms with Gasteiger partial charge in [0.1, 0.15) is 4.90 Å². The van der Waals surface area contributed by atoms with Crippen LogP contribution in [0.5, 0.6) is 0 Å². The highest BCUT2D eigenvalue weighted by Crippen LogP contribution is 2.29. The number of unbranched alkanes of at least 4 members (excludes halogenated alkanes) is 2. The van der Waals surface area contributed by atoms with Gasteiger partial charge in [-0.2, -0.15) is 0 Å². The van der Waals surface area contributed by atoms with Crippen LogP contribution in [0, 0.1) is 0 Å². The van der Waals surface area contributed by atoms with E-state index in [-0.39, 0.29) is 23.8 Å². The van der Waals surface area contributed by atoms with Crippen molar-refractivity contribution in [2.75, 3.05) is 26.2 Å². The second kappa shape index (κ2) is 9.39. The van der Waals surface area contributed by atoms with Crippen molar-refractivity contribution in [1.29, 1.82) is 0 Å². The maximum atomic E-state index is 12.5. The molecule has 0 atom stereocenters. The zero-order valence-electron chi connectivity index (χ0n) is 14.4. The van der Waals surface area contributed by atoms with Gasteiger partial charge < -0.3 is 4.90 Å². The number of carbonyl (C=O) groups is 1. The standard InChI is InChI=1S/C17H26N2O3S.ClH/c1-3-5-11-18(12-6-4-2)13-14-19-17(20)15-9-7-8-10-16(15)23(19,21)22;/h7-10H,3-6,11-14H2,1-2H3;1H. The van der Waals surface area contributed by atoms with Crippen LogP contribution in [0.1, 0.15) is 49.9 Å². The molecule has 1 aromatic carbocycles. The van der Waals surface area contributed by atoms with Crippen molar-refractivity contribution in [3.8, 4) is 0 Å². The predicted octanol–water partition coefficient (Wildman–Crippen LogP) is 3.16. The molecule has 0 aliphatic carbocycles. The number of amides is 1. The Bertz CT molecular complexity index is 641. The number of carbonyl (C=O) groups excluding carboxylic acids is 1. The number of nitrogens with zero attached hydrogens (tertiary/aromatic N) is 2. The molecule has 1 amide bonds. The Kier molecular flexibility index (Phi) is 8.19. The van der Waals surface area contributed by atoms with Crippen LogP contribution in [0.4, 0.5) is 0 Å². The molecule has 0 aromatic heterocycles. The molecule has 0 N–H and O–H groups in total. The van der Waals surface area contributed by atoms with Crippen molar-refractivity contribution in [2.24, 2.45) is 0 Å². The molecule has 24 heavy (non-hydrogen) atoms. The van der Waals surface area contributed by atoms with Gasteiger partial charge in [-0.3, -0.25) is 4.79 Å². The molecule has 1 aliphatic heterocycles. The maximum absolute atomic E-state index is 12.5. The van der Waals surface area contributed by atoms with E-state index in [1.54, 1.807) is 18.2 Å². The lowest BCUT2D eigenvalue weighted by Crippen LogP contribution is -2.39. The van der Waals surface area contributed by atoms with E-state index >= 15 is 0 Å². The highest BCUT2D eigenvalue weighted by molar-refractivity contribution is 7.90. The van der Waals surface area contributed by atoms with Gasteiger partial charge in [0.25, 0.3) is 15.9 Å². The van der Waals surface area contributed by atoms with Crippen LogP contribution in [-0.4, -0.2) is 49.7 Å². The molecule has 0 fully saturated rings. The van der Waals surface area contributed by atoms with E-state index in [1.165, 1.54) is 6.07 Å². The third kappa shape index (κ3) is 4.49. The van der Waals surface area contributed by atoms with Crippen LogP contribution in [0.15, 0.2) is 29.2 Å². The third-order valence-electron chi connectivity index (χ3n) is 4.19. The van der Waals surface area contributed by atoms with Gasteiger partial charge in [-0.25, -0.2) is 12.7 Å². The van der Waals surface area contributed by atoms with Crippen molar-refractivity contribution in [1.82, 2.24) is 9.21 Å². The van der Waals surface area contributed by atoms with E-state index in [0.717, 1.165) is 43.1 Å². The van der Waals surface area contributed by atoms with Crippen LogP contribution in [-0.2, 0) is 10.0 Å². The van der Waals surface area contributed by atoms with Crippen molar-refractivity contribution >= 4 is 28.3 Å². The number of benzene rings is 1. The molecule has 1 heterocycles. The first-order chi connectivity index (χ1) is 11.0. The number of rotatable bonds is 9. The predicted molar refractivity (Wildman–Crippen MR) is 98.2 cm³/mol. The Balaban J connectivity index is 0.00000288. The van der Waals surface area contributed by atoms with Crippen molar-refractivity contribution < 1.29 is 13.2 Å². The summed E-state index contributed by atoms with van der Waals surface area (Å²) >= 11 is 0. The van der Waals surface area contributed by atoms with E-state index in [9.17, 15) is 13.2 Å². The first kappa shape index (κ1) is 20.9. The molecule has 1 aliphatic rings. The zero-order chi connectivity index (χ0) is 16.9. The van der Waals surface area contributed by atoms with Crippen molar-refractivity contribution in [3.63, 3.8) is 0 Å². The summed E-state index contributed by atoms with van der Waals surface area (Å²) in [7, 11) is -3.68. The van der Waals surface area contributed by atoms with Gasteiger partial charge in [0.15, 0.2) is 0 Å². The van der Waals surface area contributed by atoms with Gasteiger partial charge in [0, 0.05) is 6.54 Å². The number of sulfonamides is 1. The highest BCUT2D eigenvalue weighted by atomic mass is 35.5. The molecule has 0 unspecified atom stereocenters. The minimum absolute atomic E-state index is 0. The van der Waals surface area contributed by atoms with Gasteiger partial charge in [-0.1, -0.05) is 38.8 Å². The molecule has 7 heteroatoms. The summed E-state index contributed by atoms with van der Waals surface area (Å²) in [6.45, 7) is 7.01. The topological polar surface area (TPSA) is 57.7 Å². The second-order valence-corrected chi connectivity index (χ2v) is 7.76. The fourth-order valence-electron chi connectivity index (χ4n) is 2.78. The van der Waals surface area contributed by atoms with E-state index in [4.69, 9.17) is 0 Å². The summed E-state index contributed by atoms with van der Waals surface area (Å²) in [6.07, 6.45) is 4.39. The number of halogens is 1. The second-order valence-electron chi connectivity index (χ2n) is 5.93. The van der Waals surface area contributed by atoms with Gasteiger partial charge in [0.2, 0.25) is 0 Å². The summed E-state index contributed by atoms with van der Waals surface area (Å²) in [5, 5.41) is 0. The average molecular weight is 375 g/mol. The fraction of sp³-hybridized carbons (Fsp3) is 0.588. The first-order valence-electron chi connectivity index (χ1n) is 8.40. The quantitative estimate of drug-likeness (QED) is 0.666.